The molecule has 1 fully saturated rings. The van der Waals surface area contributed by atoms with Gasteiger partial charge < -0.3 is 10.3 Å². The SMILES string of the molecule is CNC(CC1CC1)c1ccc2[nH]c3ccccc3c2c1. The molecule has 1 aliphatic carbocycles. The van der Waals surface area contributed by atoms with Crippen molar-refractivity contribution in [3.05, 3.63) is 48.0 Å². The molecule has 1 heterocycles. The normalized spacial score (nSPS) is 16.9. The van der Waals surface area contributed by atoms with E-state index < -0.39 is 0 Å². The molecule has 1 aromatic heterocycles. The van der Waals surface area contributed by atoms with Crippen LogP contribution in [0.5, 0.6) is 0 Å². The molecule has 1 atom stereocenters. The highest BCUT2D eigenvalue weighted by Gasteiger charge is 2.25. The zero-order valence-corrected chi connectivity index (χ0v) is 11.8. The molecule has 0 aliphatic heterocycles. The first-order chi connectivity index (χ1) is 9.85. The van der Waals surface area contributed by atoms with Crippen molar-refractivity contribution in [2.75, 3.05) is 7.05 Å². The number of rotatable bonds is 4. The zero-order valence-electron chi connectivity index (χ0n) is 11.8. The van der Waals surface area contributed by atoms with Crippen molar-refractivity contribution in [3.63, 3.8) is 0 Å². The van der Waals surface area contributed by atoms with Crippen molar-refractivity contribution in [1.82, 2.24) is 10.3 Å². The molecular weight excluding hydrogens is 244 g/mol. The minimum atomic E-state index is 0.487. The Morgan fingerprint density at radius 1 is 1.10 bits per heavy atom. The second kappa shape index (κ2) is 4.64. The fraction of sp³-hybridized carbons (Fsp3) is 0.333. The van der Waals surface area contributed by atoms with Crippen molar-refractivity contribution in [2.45, 2.75) is 25.3 Å². The van der Waals surface area contributed by atoms with Crippen LogP contribution in [0, 0.1) is 5.92 Å². The first-order valence-corrected chi connectivity index (χ1v) is 7.53. The standard InChI is InChI=1S/C18H20N2/c1-19-18(10-12-6-7-12)13-8-9-17-15(11-13)14-4-2-3-5-16(14)20-17/h2-5,8-9,11-12,18-20H,6-7,10H2,1H3. The van der Waals surface area contributed by atoms with Gasteiger partial charge >= 0.3 is 0 Å². The highest BCUT2D eigenvalue weighted by Crippen LogP contribution is 2.38. The van der Waals surface area contributed by atoms with Crippen LogP contribution < -0.4 is 5.32 Å². The fourth-order valence-electron chi connectivity index (χ4n) is 3.19. The molecule has 2 aromatic carbocycles. The Hall–Kier alpha value is -1.80. The molecule has 0 amide bonds. The fourth-order valence-corrected chi connectivity index (χ4v) is 3.19. The predicted molar refractivity (Wildman–Crippen MR) is 84.9 cm³/mol. The molecule has 1 unspecified atom stereocenters. The van der Waals surface area contributed by atoms with Gasteiger partial charge in [-0.15, -0.1) is 0 Å². The molecule has 2 N–H and O–H groups in total. The van der Waals surface area contributed by atoms with E-state index in [0.29, 0.717) is 6.04 Å². The van der Waals surface area contributed by atoms with Gasteiger partial charge in [0.1, 0.15) is 0 Å². The van der Waals surface area contributed by atoms with Crippen LogP contribution in [0.25, 0.3) is 21.8 Å². The largest absolute Gasteiger partial charge is 0.355 e. The van der Waals surface area contributed by atoms with E-state index in [0.717, 1.165) is 5.92 Å². The Morgan fingerprint density at radius 3 is 2.70 bits per heavy atom. The Balaban J connectivity index is 1.81. The zero-order chi connectivity index (χ0) is 13.5. The van der Waals surface area contributed by atoms with Gasteiger partial charge in [0, 0.05) is 27.8 Å². The lowest BCUT2D eigenvalue weighted by Gasteiger charge is -2.16. The van der Waals surface area contributed by atoms with Crippen molar-refractivity contribution in [1.29, 1.82) is 0 Å². The minimum absolute atomic E-state index is 0.487. The highest BCUT2D eigenvalue weighted by molar-refractivity contribution is 6.07. The van der Waals surface area contributed by atoms with Crippen molar-refractivity contribution in [2.24, 2.45) is 5.92 Å². The molecule has 102 valence electrons. The second-order valence-corrected chi connectivity index (χ2v) is 6.00. The van der Waals surface area contributed by atoms with E-state index in [4.69, 9.17) is 0 Å². The average molecular weight is 264 g/mol. The van der Waals surface area contributed by atoms with Crippen molar-refractivity contribution in [3.8, 4) is 0 Å². The monoisotopic (exact) mass is 264 g/mol. The van der Waals surface area contributed by atoms with E-state index in [1.54, 1.807) is 0 Å². The Morgan fingerprint density at radius 2 is 1.90 bits per heavy atom. The van der Waals surface area contributed by atoms with Gasteiger partial charge in [0.2, 0.25) is 0 Å². The number of aromatic nitrogens is 1. The van der Waals surface area contributed by atoms with Crippen LogP contribution in [-0.2, 0) is 0 Å². The van der Waals surface area contributed by atoms with Gasteiger partial charge in [-0.25, -0.2) is 0 Å². The smallest absolute Gasteiger partial charge is 0.0465 e. The van der Waals surface area contributed by atoms with Gasteiger partial charge in [-0.1, -0.05) is 37.1 Å². The lowest BCUT2D eigenvalue weighted by atomic mass is 9.99. The number of nitrogens with one attached hydrogen (secondary N) is 2. The third kappa shape index (κ3) is 2.01. The molecule has 0 bridgehead atoms. The van der Waals surface area contributed by atoms with Crippen LogP contribution in [0.15, 0.2) is 42.5 Å². The maximum Gasteiger partial charge on any atom is 0.0465 e. The molecule has 0 saturated heterocycles. The summed E-state index contributed by atoms with van der Waals surface area (Å²) in [5.41, 5.74) is 3.87. The lowest BCUT2D eigenvalue weighted by molar-refractivity contribution is 0.515. The van der Waals surface area contributed by atoms with Crippen LogP contribution in [0.1, 0.15) is 30.9 Å². The molecule has 0 spiro atoms. The van der Waals surface area contributed by atoms with Crippen molar-refractivity contribution >= 4 is 21.8 Å². The summed E-state index contributed by atoms with van der Waals surface area (Å²) in [6.45, 7) is 0. The van der Waals surface area contributed by atoms with E-state index in [2.05, 4.69) is 59.8 Å². The summed E-state index contributed by atoms with van der Waals surface area (Å²) in [7, 11) is 2.08. The number of H-pyrrole nitrogens is 1. The van der Waals surface area contributed by atoms with Gasteiger partial charge in [-0.2, -0.15) is 0 Å². The number of para-hydroxylation sites is 1. The minimum Gasteiger partial charge on any atom is -0.355 e. The Labute approximate surface area is 119 Å². The first kappa shape index (κ1) is 12.0. The van der Waals surface area contributed by atoms with Crippen LogP contribution in [0.2, 0.25) is 0 Å². The number of aromatic amines is 1. The summed E-state index contributed by atoms with van der Waals surface area (Å²) in [6, 6.07) is 15.9. The topological polar surface area (TPSA) is 27.8 Å². The van der Waals surface area contributed by atoms with Crippen LogP contribution in [0.4, 0.5) is 0 Å². The number of fused-ring (bicyclic) bond motifs is 3. The first-order valence-electron chi connectivity index (χ1n) is 7.53. The summed E-state index contributed by atoms with van der Waals surface area (Å²) in [6.07, 6.45) is 4.09. The molecule has 2 nitrogen and oxygen atoms in total. The van der Waals surface area contributed by atoms with Gasteiger partial charge in [0.15, 0.2) is 0 Å². The summed E-state index contributed by atoms with van der Waals surface area (Å²) >= 11 is 0. The molecule has 3 aromatic rings. The molecule has 1 aliphatic rings. The van der Waals surface area contributed by atoms with Crippen LogP contribution in [-0.4, -0.2) is 12.0 Å². The number of hydrogen-bond acceptors (Lipinski definition) is 1. The maximum atomic E-state index is 3.49. The third-order valence-electron chi connectivity index (χ3n) is 4.55. The molecule has 1 saturated carbocycles. The second-order valence-electron chi connectivity index (χ2n) is 6.00. The molecule has 20 heavy (non-hydrogen) atoms. The summed E-state index contributed by atoms with van der Waals surface area (Å²) in [5.74, 6) is 0.936. The highest BCUT2D eigenvalue weighted by atomic mass is 14.9. The summed E-state index contributed by atoms with van der Waals surface area (Å²) < 4.78 is 0. The van der Waals surface area contributed by atoms with Crippen LogP contribution >= 0.6 is 0 Å². The lowest BCUT2D eigenvalue weighted by Crippen LogP contribution is -2.16. The Bertz CT molecular complexity index is 752. The summed E-state index contributed by atoms with van der Waals surface area (Å²) in [4.78, 5) is 3.49. The van der Waals surface area contributed by atoms with Gasteiger partial charge in [-0.05, 0) is 43.1 Å². The van der Waals surface area contributed by atoms with Gasteiger partial charge in [-0.3, -0.25) is 0 Å². The van der Waals surface area contributed by atoms with Crippen LogP contribution in [0.3, 0.4) is 0 Å². The molecule has 0 radical (unpaired) electrons. The summed E-state index contributed by atoms with van der Waals surface area (Å²) in [5, 5.41) is 6.15. The number of benzene rings is 2. The molecular formula is C18H20N2. The van der Waals surface area contributed by atoms with Gasteiger partial charge in [0.25, 0.3) is 0 Å². The van der Waals surface area contributed by atoms with E-state index in [1.807, 2.05) is 0 Å². The molecule has 4 rings (SSSR count). The number of hydrogen-bond donors (Lipinski definition) is 2. The Kier molecular flexibility index (Phi) is 2.78. The van der Waals surface area contributed by atoms with Gasteiger partial charge in [0.05, 0.1) is 0 Å². The third-order valence-corrected chi connectivity index (χ3v) is 4.55. The molecule has 2 heteroatoms. The average Bonchev–Trinajstić information content (AvgIpc) is 3.23. The van der Waals surface area contributed by atoms with E-state index in [-0.39, 0.29) is 0 Å². The quantitative estimate of drug-likeness (QED) is 0.719. The predicted octanol–water partition coefficient (Wildman–Crippen LogP) is 4.38. The maximum absolute atomic E-state index is 3.49. The van der Waals surface area contributed by atoms with E-state index >= 15 is 0 Å². The van der Waals surface area contributed by atoms with Crippen molar-refractivity contribution < 1.29 is 0 Å². The van der Waals surface area contributed by atoms with E-state index in [9.17, 15) is 0 Å². The van der Waals surface area contributed by atoms with E-state index in [1.165, 1.54) is 46.6 Å².